The van der Waals surface area contributed by atoms with Gasteiger partial charge in [-0.05, 0) is 48.7 Å². The first-order valence-corrected chi connectivity index (χ1v) is 16.1. The molecule has 6 aromatic carbocycles. The average Bonchev–Trinajstić information content (AvgIpc) is 3.79. The summed E-state index contributed by atoms with van der Waals surface area (Å²) in [4.78, 5) is 0. The lowest BCUT2D eigenvalue weighted by atomic mass is 9.96. The highest BCUT2D eigenvalue weighted by atomic mass is 16.3. The highest BCUT2D eigenvalue weighted by molar-refractivity contribution is 6.12. The van der Waals surface area contributed by atoms with Crippen LogP contribution in [0.2, 0.25) is 0 Å². The molecule has 3 aromatic heterocycles. The predicted molar refractivity (Wildman–Crippen MR) is 192 cm³/mol. The van der Waals surface area contributed by atoms with Gasteiger partial charge in [-0.1, -0.05) is 109 Å². The molecule has 0 saturated heterocycles. The minimum absolute atomic E-state index is 0.529. The lowest BCUT2D eigenvalue weighted by molar-refractivity contribution is 0.567. The molecule has 3 heterocycles. The van der Waals surface area contributed by atoms with Gasteiger partial charge in [0.25, 0.3) is 0 Å². The number of rotatable bonds is 3. The van der Waals surface area contributed by atoms with Crippen LogP contribution in [0.5, 0.6) is 0 Å². The maximum absolute atomic E-state index is 11.2. The lowest BCUT2D eigenvalue weighted by Crippen LogP contribution is -2.26. The third kappa shape index (κ3) is 3.57. The summed E-state index contributed by atoms with van der Waals surface area (Å²) in [6.07, 6.45) is 4.08. The van der Waals surface area contributed by atoms with E-state index < -0.39 is 0 Å². The second-order valence-electron chi connectivity index (χ2n) is 12.3. The van der Waals surface area contributed by atoms with Gasteiger partial charge in [0.2, 0.25) is 0 Å². The summed E-state index contributed by atoms with van der Waals surface area (Å²) in [5.41, 5.74) is 10.4. The molecular formula is C43H27N3O. The molecule has 0 saturated carbocycles. The molecular weight excluding hydrogens is 574 g/mol. The van der Waals surface area contributed by atoms with Crippen molar-refractivity contribution >= 4 is 66.2 Å². The van der Waals surface area contributed by atoms with E-state index in [9.17, 15) is 5.26 Å². The van der Waals surface area contributed by atoms with E-state index in [0.717, 1.165) is 78.6 Å². The number of furan rings is 1. The lowest BCUT2D eigenvalue weighted by Gasteiger charge is -2.18. The van der Waals surface area contributed by atoms with Crippen molar-refractivity contribution in [2.24, 2.45) is 0 Å². The molecule has 0 aliphatic heterocycles. The number of aromatic nitrogens is 2. The van der Waals surface area contributed by atoms with Crippen LogP contribution < -0.4 is 10.6 Å². The number of nitrogens with zero attached hydrogens (tertiary/aromatic N) is 3. The predicted octanol–water partition coefficient (Wildman–Crippen LogP) is 9.27. The molecule has 0 spiro atoms. The van der Waals surface area contributed by atoms with Crippen LogP contribution in [0.3, 0.4) is 0 Å². The molecule has 10 rings (SSSR count). The minimum atomic E-state index is 0.529. The summed E-state index contributed by atoms with van der Waals surface area (Å²) in [5.74, 6) is 0. The van der Waals surface area contributed by atoms with Gasteiger partial charge in [-0.15, -0.1) is 0 Å². The zero-order chi connectivity index (χ0) is 31.1. The summed E-state index contributed by atoms with van der Waals surface area (Å²) in [7, 11) is 0. The number of benzene rings is 6. The van der Waals surface area contributed by atoms with Crippen LogP contribution in [-0.2, 0) is 0 Å². The van der Waals surface area contributed by atoms with E-state index in [1.807, 2.05) is 6.07 Å². The van der Waals surface area contributed by atoms with Crippen LogP contribution in [0.25, 0.3) is 77.6 Å². The maximum Gasteiger partial charge on any atom is 0.155 e. The highest BCUT2D eigenvalue weighted by Crippen LogP contribution is 2.41. The second-order valence-corrected chi connectivity index (χ2v) is 12.3. The molecule has 1 aliphatic rings. The standard InChI is InChI=1S/C43H27N3O/c44-26-35-41(46-38-23-10-6-17-31(38)32-18-7-11-24-39(32)46)40(45-36-21-8-4-15-29(36)30-16-5-9-22-37(30)45)25-34-33-20-12-19-28(42(33)47-43(34)35)27-13-2-1-3-14-27/h1-11,13-18,20-25H,12,19H2. The molecule has 9 aromatic rings. The van der Waals surface area contributed by atoms with E-state index in [1.54, 1.807) is 0 Å². The molecule has 0 amide bonds. The summed E-state index contributed by atoms with van der Waals surface area (Å²) < 4.78 is 11.5. The van der Waals surface area contributed by atoms with Crippen molar-refractivity contribution in [3.05, 3.63) is 155 Å². The van der Waals surface area contributed by atoms with Crippen molar-refractivity contribution in [1.82, 2.24) is 9.13 Å². The van der Waals surface area contributed by atoms with E-state index in [1.165, 1.54) is 16.3 Å². The number of hydrogen-bond donors (Lipinski definition) is 0. The summed E-state index contributed by atoms with van der Waals surface area (Å²) in [5, 5.41) is 17.9. The molecule has 4 heteroatoms. The van der Waals surface area contributed by atoms with Crippen molar-refractivity contribution in [3.8, 4) is 17.4 Å². The molecule has 47 heavy (non-hydrogen) atoms. The van der Waals surface area contributed by atoms with Gasteiger partial charge >= 0.3 is 0 Å². The molecule has 4 nitrogen and oxygen atoms in total. The first-order valence-electron chi connectivity index (χ1n) is 16.1. The van der Waals surface area contributed by atoms with Gasteiger partial charge < -0.3 is 13.6 Å². The SMILES string of the molecule is N#Cc1c(-n2c3ccccc3c3ccccc32)c(-n2c3ccccc3c3ccccc32)cc2c3c(oc12)=C(c1ccccc1)CCC=3. The number of para-hydroxylation sites is 4. The largest absolute Gasteiger partial charge is 0.454 e. The Balaban J connectivity index is 1.46. The van der Waals surface area contributed by atoms with Gasteiger partial charge in [-0.3, -0.25) is 0 Å². The Bertz CT molecular complexity index is 2810. The van der Waals surface area contributed by atoms with Crippen molar-refractivity contribution in [2.45, 2.75) is 12.8 Å². The number of nitriles is 1. The fourth-order valence-corrected chi connectivity index (χ4v) is 7.89. The number of hydrogen-bond acceptors (Lipinski definition) is 2. The summed E-state index contributed by atoms with van der Waals surface area (Å²) >= 11 is 0. The van der Waals surface area contributed by atoms with Gasteiger partial charge in [-0.25, -0.2) is 0 Å². The van der Waals surface area contributed by atoms with Crippen LogP contribution in [-0.4, -0.2) is 9.13 Å². The van der Waals surface area contributed by atoms with Crippen LogP contribution >= 0.6 is 0 Å². The van der Waals surface area contributed by atoms with Crippen LogP contribution in [0.1, 0.15) is 24.0 Å². The first-order chi connectivity index (χ1) is 23.3. The molecule has 1 aliphatic carbocycles. The molecule has 220 valence electrons. The van der Waals surface area contributed by atoms with Gasteiger partial charge in [0.15, 0.2) is 5.58 Å². The fraction of sp³-hybridized carbons (Fsp3) is 0.0465. The highest BCUT2D eigenvalue weighted by Gasteiger charge is 2.26. The van der Waals surface area contributed by atoms with Gasteiger partial charge in [0, 0.05) is 37.7 Å². The Labute approximate surface area is 269 Å². The van der Waals surface area contributed by atoms with Crippen molar-refractivity contribution < 1.29 is 4.42 Å². The molecule has 0 bridgehead atoms. The quantitative estimate of drug-likeness (QED) is 0.203. The van der Waals surface area contributed by atoms with Crippen molar-refractivity contribution in [3.63, 3.8) is 0 Å². The van der Waals surface area contributed by atoms with E-state index in [-0.39, 0.29) is 0 Å². The molecule has 0 N–H and O–H groups in total. The van der Waals surface area contributed by atoms with E-state index in [4.69, 9.17) is 4.42 Å². The Morgan fingerprint density at radius 3 is 1.64 bits per heavy atom. The topological polar surface area (TPSA) is 46.8 Å². The Morgan fingerprint density at radius 2 is 1.09 bits per heavy atom. The van der Waals surface area contributed by atoms with Gasteiger partial charge in [0.05, 0.1) is 33.4 Å². The molecule has 0 unspecified atom stereocenters. The van der Waals surface area contributed by atoms with Gasteiger partial charge in [0.1, 0.15) is 17.0 Å². The van der Waals surface area contributed by atoms with Crippen molar-refractivity contribution in [1.29, 1.82) is 5.26 Å². The zero-order valence-electron chi connectivity index (χ0n) is 25.4. The second kappa shape index (κ2) is 9.84. The summed E-state index contributed by atoms with van der Waals surface area (Å²) in [6, 6.07) is 49.5. The third-order valence-corrected chi connectivity index (χ3v) is 9.85. The number of fused-ring (bicyclic) bond motifs is 9. The van der Waals surface area contributed by atoms with Crippen molar-refractivity contribution in [2.75, 3.05) is 0 Å². The Kier molecular flexibility index (Phi) is 5.44. The average molecular weight is 602 g/mol. The summed E-state index contributed by atoms with van der Waals surface area (Å²) in [6.45, 7) is 0. The van der Waals surface area contributed by atoms with Crippen LogP contribution in [0.15, 0.2) is 138 Å². The van der Waals surface area contributed by atoms with Gasteiger partial charge in [-0.2, -0.15) is 5.26 Å². The monoisotopic (exact) mass is 601 g/mol. The molecule has 0 atom stereocenters. The zero-order valence-corrected chi connectivity index (χ0v) is 25.4. The molecule has 0 fully saturated rings. The van der Waals surface area contributed by atoms with Crippen LogP contribution in [0, 0.1) is 11.3 Å². The van der Waals surface area contributed by atoms with E-state index in [2.05, 4.69) is 149 Å². The Morgan fingerprint density at radius 1 is 0.574 bits per heavy atom. The first kappa shape index (κ1) is 26.0. The molecule has 0 radical (unpaired) electrons. The maximum atomic E-state index is 11.2. The minimum Gasteiger partial charge on any atom is -0.454 e. The normalized spacial score (nSPS) is 13.0. The van der Waals surface area contributed by atoms with E-state index in [0.29, 0.717) is 11.1 Å². The Hall–Kier alpha value is -6.31. The fourth-order valence-electron chi connectivity index (χ4n) is 7.89. The van der Waals surface area contributed by atoms with Crippen LogP contribution in [0.4, 0.5) is 0 Å². The third-order valence-electron chi connectivity index (χ3n) is 9.85. The van der Waals surface area contributed by atoms with E-state index >= 15 is 0 Å². The smallest absolute Gasteiger partial charge is 0.155 e.